The van der Waals surface area contributed by atoms with Gasteiger partial charge in [0, 0.05) is 6.04 Å². The Morgan fingerprint density at radius 1 is 1.13 bits per heavy atom. The maximum absolute atomic E-state index is 11.8. The largest absolute Gasteiger partial charge is 0.481 e. The molecule has 0 aromatic heterocycles. The Kier molecular flexibility index (Phi) is 4.84. The van der Waals surface area contributed by atoms with Crippen LogP contribution in [-0.2, 0) is 16.1 Å². The van der Waals surface area contributed by atoms with Crippen molar-refractivity contribution >= 4 is 12.1 Å². The minimum Gasteiger partial charge on any atom is -0.481 e. The lowest BCUT2D eigenvalue weighted by Crippen LogP contribution is -2.38. The molecule has 124 valence electrons. The molecule has 0 aliphatic heterocycles. The molecule has 2 atom stereocenters. The quantitative estimate of drug-likeness (QED) is 0.874. The van der Waals surface area contributed by atoms with E-state index in [9.17, 15) is 9.59 Å². The lowest BCUT2D eigenvalue weighted by Gasteiger charge is -2.29. The number of alkyl carbamates (subject to hydrolysis) is 1. The fraction of sp³-hybridized carbons (Fsp3) is 0.556. The van der Waals surface area contributed by atoms with E-state index in [0.717, 1.165) is 37.7 Å². The summed E-state index contributed by atoms with van der Waals surface area (Å²) in [7, 11) is 0. The van der Waals surface area contributed by atoms with Crippen LogP contribution in [-0.4, -0.2) is 23.2 Å². The highest BCUT2D eigenvalue weighted by atomic mass is 16.5. The van der Waals surface area contributed by atoms with Gasteiger partial charge in [0.15, 0.2) is 0 Å². The Labute approximate surface area is 136 Å². The number of benzene rings is 1. The highest BCUT2D eigenvalue weighted by Crippen LogP contribution is 2.49. The third kappa shape index (κ3) is 4.24. The standard InChI is InChI=1S/C18H23NO4/c20-17(21)16-10-15(16)13-6-8-14(9-7-13)19-18(22)23-11-12-4-2-1-3-5-12/h1-5,13-16H,6-11H2,(H,19,22)(H,20,21)/t13?,14?,15-,16+/m0/s1. The molecule has 0 unspecified atom stereocenters. The van der Waals surface area contributed by atoms with Gasteiger partial charge in [0.1, 0.15) is 6.61 Å². The first kappa shape index (κ1) is 15.8. The average Bonchev–Trinajstić information content (AvgIpc) is 3.36. The molecule has 0 radical (unpaired) electrons. The van der Waals surface area contributed by atoms with Gasteiger partial charge in [-0.25, -0.2) is 4.79 Å². The molecule has 1 aromatic rings. The van der Waals surface area contributed by atoms with Crippen LogP contribution in [0.25, 0.3) is 0 Å². The molecule has 0 saturated heterocycles. The van der Waals surface area contributed by atoms with E-state index in [2.05, 4.69) is 5.32 Å². The molecule has 0 heterocycles. The molecule has 2 N–H and O–H groups in total. The first-order chi connectivity index (χ1) is 11.1. The van der Waals surface area contributed by atoms with Crippen molar-refractivity contribution in [2.75, 3.05) is 0 Å². The number of carboxylic acids is 1. The second-order valence-corrected chi connectivity index (χ2v) is 6.66. The van der Waals surface area contributed by atoms with Crippen LogP contribution in [0.4, 0.5) is 4.79 Å². The molecule has 5 nitrogen and oxygen atoms in total. The number of rotatable bonds is 5. The second kappa shape index (κ2) is 7.02. The van der Waals surface area contributed by atoms with Crippen molar-refractivity contribution in [1.29, 1.82) is 0 Å². The smallest absolute Gasteiger partial charge is 0.407 e. The van der Waals surface area contributed by atoms with Gasteiger partial charge in [0.25, 0.3) is 0 Å². The highest BCUT2D eigenvalue weighted by molar-refractivity contribution is 5.73. The first-order valence-electron chi connectivity index (χ1n) is 8.33. The number of carboxylic acid groups (broad SMARTS) is 1. The monoisotopic (exact) mass is 317 g/mol. The lowest BCUT2D eigenvalue weighted by atomic mass is 9.82. The number of hydrogen-bond acceptors (Lipinski definition) is 3. The second-order valence-electron chi connectivity index (χ2n) is 6.66. The Balaban J connectivity index is 1.36. The summed E-state index contributed by atoms with van der Waals surface area (Å²) in [6, 6.07) is 9.76. The summed E-state index contributed by atoms with van der Waals surface area (Å²) >= 11 is 0. The van der Waals surface area contributed by atoms with Gasteiger partial charge in [-0.2, -0.15) is 0 Å². The Bertz CT molecular complexity index is 551. The molecule has 0 bridgehead atoms. The predicted octanol–water partition coefficient (Wildman–Crippen LogP) is 3.19. The van der Waals surface area contributed by atoms with E-state index < -0.39 is 5.97 Å². The van der Waals surface area contributed by atoms with E-state index >= 15 is 0 Å². The summed E-state index contributed by atoms with van der Waals surface area (Å²) in [6.45, 7) is 0.282. The fourth-order valence-electron chi connectivity index (χ4n) is 3.64. The van der Waals surface area contributed by atoms with E-state index in [4.69, 9.17) is 9.84 Å². The number of aliphatic carboxylic acids is 1. The zero-order chi connectivity index (χ0) is 16.2. The number of carbonyl (C=O) groups is 2. The van der Waals surface area contributed by atoms with Gasteiger partial charge < -0.3 is 15.2 Å². The molecule has 2 aliphatic carbocycles. The third-order valence-electron chi connectivity index (χ3n) is 5.07. The molecule has 2 saturated carbocycles. The molecule has 23 heavy (non-hydrogen) atoms. The first-order valence-corrected chi connectivity index (χ1v) is 8.33. The van der Waals surface area contributed by atoms with E-state index in [0.29, 0.717) is 11.8 Å². The molecule has 2 aliphatic rings. The predicted molar refractivity (Wildman–Crippen MR) is 84.7 cm³/mol. The lowest BCUT2D eigenvalue weighted by molar-refractivity contribution is -0.139. The van der Waals surface area contributed by atoms with Crippen molar-refractivity contribution in [2.45, 2.75) is 44.8 Å². The number of nitrogens with one attached hydrogen (secondary N) is 1. The van der Waals surface area contributed by atoms with E-state index in [-0.39, 0.29) is 24.7 Å². The summed E-state index contributed by atoms with van der Waals surface area (Å²) in [5.41, 5.74) is 0.972. The average molecular weight is 317 g/mol. The Morgan fingerprint density at radius 3 is 2.43 bits per heavy atom. The zero-order valence-electron chi connectivity index (χ0n) is 13.1. The van der Waals surface area contributed by atoms with Gasteiger partial charge in [-0.15, -0.1) is 0 Å². The van der Waals surface area contributed by atoms with Crippen LogP contribution in [0.5, 0.6) is 0 Å². The minimum atomic E-state index is -0.653. The van der Waals surface area contributed by atoms with Gasteiger partial charge in [-0.1, -0.05) is 30.3 Å². The molecule has 0 spiro atoms. The van der Waals surface area contributed by atoms with Crippen molar-refractivity contribution < 1.29 is 19.4 Å². The van der Waals surface area contributed by atoms with E-state index in [1.54, 1.807) is 0 Å². The number of amides is 1. The van der Waals surface area contributed by atoms with Crippen LogP contribution in [0.3, 0.4) is 0 Å². The van der Waals surface area contributed by atoms with Gasteiger partial charge in [-0.3, -0.25) is 4.79 Å². The number of ether oxygens (including phenoxy) is 1. The summed E-state index contributed by atoms with van der Waals surface area (Å²) < 4.78 is 5.24. The van der Waals surface area contributed by atoms with E-state index in [1.807, 2.05) is 30.3 Å². The van der Waals surface area contributed by atoms with Crippen LogP contribution in [0.2, 0.25) is 0 Å². The SMILES string of the molecule is O=C(NC1CCC([C@@H]2C[C@H]2C(=O)O)CC1)OCc1ccccc1. The summed E-state index contributed by atoms with van der Waals surface area (Å²) in [5, 5.41) is 11.9. The molecule has 5 heteroatoms. The normalized spacial score (nSPS) is 29.6. The van der Waals surface area contributed by atoms with Crippen LogP contribution in [0, 0.1) is 17.8 Å². The van der Waals surface area contributed by atoms with Crippen LogP contribution >= 0.6 is 0 Å². The summed E-state index contributed by atoms with van der Waals surface area (Å²) in [6.07, 6.45) is 4.28. The molecular weight excluding hydrogens is 294 g/mol. The fourth-order valence-corrected chi connectivity index (χ4v) is 3.64. The Morgan fingerprint density at radius 2 is 1.83 bits per heavy atom. The van der Waals surface area contributed by atoms with Crippen molar-refractivity contribution in [3.8, 4) is 0 Å². The van der Waals surface area contributed by atoms with E-state index in [1.165, 1.54) is 0 Å². The molecule has 1 aromatic carbocycles. The van der Waals surface area contributed by atoms with Crippen LogP contribution < -0.4 is 5.32 Å². The topological polar surface area (TPSA) is 75.6 Å². The summed E-state index contributed by atoms with van der Waals surface area (Å²) in [4.78, 5) is 22.8. The number of hydrogen-bond donors (Lipinski definition) is 2. The van der Waals surface area contributed by atoms with Crippen LogP contribution in [0.15, 0.2) is 30.3 Å². The van der Waals surface area contributed by atoms with Crippen molar-refractivity contribution in [1.82, 2.24) is 5.32 Å². The highest BCUT2D eigenvalue weighted by Gasteiger charge is 2.48. The van der Waals surface area contributed by atoms with Crippen molar-refractivity contribution in [3.63, 3.8) is 0 Å². The van der Waals surface area contributed by atoms with Gasteiger partial charge in [0.05, 0.1) is 5.92 Å². The Hall–Kier alpha value is -2.04. The van der Waals surface area contributed by atoms with Crippen molar-refractivity contribution in [2.24, 2.45) is 17.8 Å². The van der Waals surface area contributed by atoms with Gasteiger partial charge in [0.2, 0.25) is 0 Å². The van der Waals surface area contributed by atoms with Gasteiger partial charge >= 0.3 is 12.1 Å². The maximum Gasteiger partial charge on any atom is 0.407 e. The summed E-state index contributed by atoms with van der Waals surface area (Å²) in [5.74, 6) is 0.0908. The van der Waals surface area contributed by atoms with Crippen LogP contribution in [0.1, 0.15) is 37.7 Å². The number of carbonyl (C=O) groups excluding carboxylic acids is 1. The zero-order valence-corrected chi connectivity index (χ0v) is 13.1. The molecule has 3 rings (SSSR count). The van der Waals surface area contributed by atoms with Crippen molar-refractivity contribution in [3.05, 3.63) is 35.9 Å². The third-order valence-corrected chi connectivity index (χ3v) is 5.07. The molecule has 2 fully saturated rings. The molecular formula is C18H23NO4. The van der Waals surface area contributed by atoms with Gasteiger partial charge in [-0.05, 0) is 49.5 Å². The maximum atomic E-state index is 11.8. The molecule has 1 amide bonds. The minimum absolute atomic E-state index is 0.125.